The second kappa shape index (κ2) is 45.2. The van der Waals surface area contributed by atoms with Crippen molar-refractivity contribution < 1.29 is 28.0 Å². The second-order valence-electron chi connectivity index (χ2n) is 42.1. The fourth-order valence-corrected chi connectivity index (χ4v) is 21.2. The van der Waals surface area contributed by atoms with Crippen molar-refractivity contribution in [3.63, 3.8) is 0 Å². The van der Waals surface area contributed by atoms with Crippen molar-refractivity contribution in [3.05, 3.63) is 191 Å². The predicted molar refractivity (Wildman–Crippen MR) is 518 cm³/mol. The lowest BCUT2D eigenvalue weighted by atomic mass is 9.63. The number of rotatable bonds is 45. The highest BCUT2D eigenvalue weighted by atomic mass is 32.1. The first-order valence-corrected chi connectivity index (χ1v) is 49.0. The Kier molecular flexibility index (Phi) is 39.1. The summed E-state index contributed by atoms with van der Waals surface area (Å²) in [5, 5.41) is 0. The highest BCUT2D eigenvalue weighted by Gasteiger charge is 2.57. The smallest absolute Gasteiger partial charge is 0.374 e. The van der Waals surface area contributed by atoms with Gasteiger partial charge in [-0.25, -0.2) is 0 Å². The van der Waals surface area contributed by atoms with E-state index >= 15 is 14.4 Å². The van der Waals surface area contributed by atoms with Gasteiger partial charge in [0.2, 0.25) is 0 Å². The van der Waals surface area contributed by atoms with Gasteiger partial charge in [-0.2, -0.15) is 0 Å². The minimum atomic E-state index is -3.43. The predicted octanol–water partition coefficient (Wildman–Crippen LogP) is 33.2. The number of carbonyl (C=O) groups is 3. The molecule has 0 saturated carbocycles. The molecule has 6 nitrogen and oxygen atoms in total. The molecule has 0 spiro atoms. The topological polar surface area (TPSA) is 78.9 Å². The first kappa shape index (κ1) is 102. The fraction of sp³-hybridized carbons (Fsp3) is 0.639. The normalized spacial score (nSPS) is 14.4. The van der Waals surface area contributed by atoms with Gasteiger partial charge in [-0.1, -0.05) is 428 Å². The molecule has 3 unspecified atom stereocenters. The molecule has 10 heteroatoms. The van der Waals surface area contributed by atoms with Gasteiger partial charge in [0.15, 0.2) is 0 Å². The summed E-state index contributed by atoms with van der Waals surface area (Å²) in [5.41, 5.74) is 8.63. The van der Waals surface area contributed by atoms with Crippen LogP contribution < -0.4 is 0 Å². The van der Waals surface area contributed by atoms with E-state index in [0.717, 1.165) is 177 Å². The number of carbonyl (C=O) groups excluding carboxylic acids is 3. The molecule has 6 rings (SSSR count). The molecule has 0 radical (unpaired) electrons. The van der Waals surface area contributed by atoms with Crippen LogP contribution in [0.5, 0.6) is 0 Å². The van der Waals surface area contributed by atoms with Gasteiger partial charge >= 0.3 is 26.5 Å². The summed E-state index contributed by atoms with van der Waals surface area (Å²) in [7, 11) is -3.43. The summed E-state index contributed by atoms with van der Waals surface area (Å²) in [5.74, 6) is -1.98. The summed E-state index contributed by atoms with van der Waals surface area (Å²) >= 11 is 16.9. The van der Waals surface area contributed by atoms with Gasteiger partial charge in [-0.05, 0) is 195 Å². The van der Waals surface area contributed by atoms with E-state index in [1.807, 2.05) is 0 Å². The SMILES string of the molecule is CCCCCCCCCCCCC(C(=O)OP(OC(=O)C(CCCCCCCCCCCC)(c1ccc(C)cc1C(C)(C)C)c1c(S)cc(C)cc1C(C)(C)C)OC(=O)C(CCCCCCCCCCCC)(c1ccc(C)cc1C(C)(C)C)c1c(S)cc(C)cc1C(C)(C)C)(c1ccc(C)cc1C(C)(C)C)c1c(S)cc(C)cc1C(C)(C)C. The van der Waals surface area contributed by atoms with Gasteiger partial charge in [-0.15, -0.1) is 37.9 Å². The Hall–Kier alpha value is -4.79. The van der Waals surface area contributed by atoms with Crippen molar-refractivity contribution in [2.75, 3.05) is 0 Å². The summed E-state index contributed by atoms with van der Waals surface area (Å²) in [6, 6.07) is 32.7. The zero-order valence-corrected chi connectivity index (χ0v) is 83.3. The molecule has 3 atom stereocenters. The Labute approximate surface area is 740 Å². The molecule has 0 aliphatic carbocycles. The van der Waals surface area contributed by atoms with Crippen molar-refractivity contribution >= 4 is 64.4 Å². The maximum atomic E-state index is 18.5. The Bertz CT molecular complexity index is 3790. The van der Waals surface area contributed by atoms with Gasteiger partial charge in [0.25, 0.3) is 0 Å². The summed E-state index contributed by atoms with van der Waals surface area (Å²) < 4.78 is 23.4. The average Bonchev–Trinajstić information content (AvgIpc) is 0.725. The zero-order chi connectivity index (χ0) is 88.0. The molecule has 6 aromatic rings. The van der Waals surface area contributed by atoms with Gasteiger partial charge < -0.3 is 13.6 Å². The Morgan fingerprint density at radius 2 is 0.424 bits per heavy atom. The lowest BCUT2D eigenvalue weighted by molar-refractivity contribution is -0.148. The number of thiol groups is 3. The van der Waals surface area contributed by atoms with E-state index < -0.39 is 75.2 Å². The summed E-state index contributed by atoms with van der Waals surface area (Å²) in [4.78, 5) is 57.4. The highest BCUT2D eigenvalue weighted by molar-refractivity contribution is 7.80. The first-order valence-electron chi connectivity index (χ1n) is 46.6. The number of unbranched alkanes of at least 4 members (excludes halogenated alkanes) is 27. The Morgan fingerprint density at radius 1 is 0.246 bits per heavy atom. The molecular weight excluding hydrogens is 1520 g/mol. The maximum Gasteiger partial charge on any atom is 0.537 e. The molecule has 656 valence electrons. The first-order chi connectivity index (χ1) is 55.2. The van der Waals surface area contributed by atoms with Gasteiger partial charge in [0.1, 0.15) is 16.2 Å². The zero-order valence-electron chi connectivity index (χ0n) is 79.7. The lowest BCUT2D eigenvalue weighted by Crippen LogP contribution is -2.45. The lowest BCUT2D eigenvalue weighted by Gasteiger charge is -2.43. The largest absolute Gasteiger partial charge is 0.537 e. The van der Waals surface area contributed by atoms with Crippen molar-refractivity contribution in [1.82, 2.24) is 0 Å². The monoisotopic (exact) mass is 1690 g/mol. The quantitative estimate of drug-likeness (QED) is 0.0201. The van der Waals surface area contributed by atoms with E-state index in [-0.39, 0.29) is 0 Å². The minimum absolute atomic E-state index is 0.323. The van der Waals surface area contributed by atoms with Crippen LogP contribution in [0.15, 0.2) is 106 Å². The molecule has 0 fully saturated rings. The van der Waals surface area contributed by atoms with Crippen LogP contribution in [-0.4, -0.2) is 17.9 Å². The van der Waals surface area contributed by atoms with Crippen LogP contribution >= 0.6 is 46.5 Å². The van der Waals surface area contributed by atoms with E-state index in [9.17, 15) is 0 Å². The molecule has 0 aromatic heterocycles. The molecule has 0 bridgehead atoms. The molecule has 0 N–H and O–H groups in total. The van der Waals surface area contributed by atoms with Gasteiger partial charge in [0, 0.05) is 14.7 Å². The second-order valence-corrected chi connectivity index (χ2v) is 44.6. The van der Waals surface area contributed by atoms with Gasteiger partial charge in [-0.3, -0.25) is 14.4 Å². The highest BCUT2D eigenvalue weighted by Crippen LogP contribution is 2.59. The molecule has 6 aromatic carbocycles. The van der Waals surface area contributed by atoms with Crippen LogP contribution in [0.4, 0.5) is 0 Å². The average molecular weight is 1690 g/mol. The molecule has 118 heavy (non-hydrogen) atoms. The number of aryl methyl sites for hydroxylation is 6. The Balaban J connectivity index is 1.89. The van der Waals surface area contributed by atoms with Crippen molar-refractivity contribution in [1.29, 1.82) is 0 Å². The van der Waals surface area contributed by atoms with Crippen molar-refractivity contribution in [3.8, 4) is 0 Å². The molecule has 0 saturated heterocycles. The molecular formula is C108H165O6PS3. The Morgan fingerprint density at radius 3 is 0.610 bits per heavy atom. The molecule has 0 aliphatic rings. The van der Waals surface area contributed by atoms with Crippen LogP contribution in [0.1, 0.15) is 457 Å². The summed E-state index contributed by atoms with van der Waals surface area (Å²) in [6.45, 7) is 59.6. The van der Waals surface area contributed by atoms with E-state index in [2.05, 4.69) is 278 Å². The van der Waals surface area contributed by atoms with E-state index in [1.165, 1.54) is 96.3 Å². The van der Waals surface area contributed by atoms with Crippen LogP contribution in [0.25, 0.3) is 0 Å². The third-order valence-electron chi connectivity index (χ3n) is 25.1. The van der Waals surface area contributed by atoms with Crippen molar-refractivity contribution in [2.24, 2.45) is 0 Å². The van der Waals surface area contributed by atoms with E-state index in [0.29, 0.717) is 53.2 Å². The van der Waals surface area contributed by atoms with Gasteiger partial charge in [0.05, 0.1) is 0 Å². The van der Waals surface area contributed by atoms with Crippen LogP contribution in [0, 0.1) is 41.5 Å². The summed E-state index contributed by atoms with van der Waals surface area (Å²) in [6.07, 6.45) is 33.7. The van der Waals surface area contributed by atoms with E-state index in [4.69, 9.17) is 51.5 Å². The third-order valence-corrected chi connectivity index (χ3v) is 27.1. The van der Waals surface area contributed by atoms with Crippen LogP contribution in [0.3, 0.4) is 0 Å². The molecule has 0 aliphatic heterocycles. The fourth-order valence-electron chi connectivity index (χ4n) is 18.6. The number of hydrogen-bond donors (Lipinski definition) is 3. The van der Waals surface area contributed by atoms with E-state index in [1.54, 1.807) is 0 Å². The van der Waals surface area contributed by atoms with Crippen LogP contribution in [0.2, 0.25) is 0 Å². The minimum Gasteiger partial charge on any atom is -0.374 e. The third kappa shape index (κ3) is 27.1. The maximum absolute atomic E-state index is 18.5. The van der Waals surface area contributed by atoms with Crippen molar-refractivity contribution in [2.45, 2.75) is 462 Å². The van der Waals surface area contributed by atoms with Crippen LogP contribution in [-0.2, 0) is 76.7 Å². The standard InChI is InChI=1S/C108H165O6PS3/c1-28-31-34-37-40-43-46-49-52-55-64-106(82-61-58-76(4)67-85(82)100(10,11)12,94-88(103(19,20)21)70-79(7)73-91(94)116)97(109)112-115(113-98(110)107(65-56-53-50-47-44-41-38-35-32-29-2,83-62-59-77(5)68-86(83)101(13,14)15)95-89(104(22,23)24)71-80(8)74-92(95)117)114-99(111)108(66-57-54-51-48-45-42-39-36-33-30-3,84-63-60-78(6)69-87(84)102(16,17)18)96-90(105(25,26)27)72-81(9)75-93(96)118/h58-63,67-75,116-118H,28-57,64-66H2,1-27H3. The molecule has 0 amide bonds. The molecule has 0 heterocycles. The number of hydrogen-bond acceptors (Lipinski definition) is 9. The number of benzene rings is 6.